The summed E-state index contributed by atoms with van der Waals surface area (Å²) in [5.74, 6) is 2.12. The van der Waals surface area contributed by atoms with Gasteiger partial charge >= 0.3 is 0 Å². The highest BCUT2D eigenvalue weighted by molar-refractivity contribution is 7.71. The van der Waals surface area contributed by atoms with Gasteiger partial charge in [-0.2, -0.15) is 14.9 Å². The van der Waals surface area contributed by atoms with Crippen molar-refractivity contribution in [2.45, 2.75) is 6.92 Å². The van der Waals surface area contributed by atoms with E-state index in [-0.39, 0.29) is 0 Å². The highest BCUT2D eigenvalue weighted by atomic mass is 32.1. The van der Waals surface area contributed by atoms with Crippen LogP contribution >= 0.6 is 12.2 Å². The van der Waals surface area contributed by atoms with Crippen LogP contribution in [0.4, 0.5) is 0 Å². The number of aromatic nitrogens is 3. The van der Waals surface area contributed by atoms with Crippen LogP contribution in [0.3, 0.4) is 0 Å². The largest absolute Gasteiger partial charge is 0.497 e. The predicted molar refractivity (Wildman–Crippen MR) is 95.6 cm³/mol. The molecule has 0 aliphatic carbocycles. The molecule has 122 valence electrons. The molecular weight excluding hydrogens is 324 g/mol. The van der Waals surface area contributed by atoms with E-state index in [9.17, 15) is 0 Å². The Morgan fingerprint density at radius 2 is 2.25 bits per heavy atom. The second kappa shape index (κ2) is 7.10. The number of hydrogen-bond acceptors (Lipinski definition) is 5. The first-order valence-corrected chi connectivity index (χ1v) is 7.66. The zero-order valence-electron chi connectivity index (χ0n) is 13.3. The maximum Gasteiger partial charge on any atom is 0.216 e. The lowest BCUT2D eigenvalue weighted by Crippen LogP contribution is -1.95. The van der Waals surface area contributed by atoms with Crippen molar-refractivity contribution < 1.29 is 9.15 Å². The van der Waals surface area contributed by atoms with E-state index in [0.29, 0.717) is 10.6 Å². The van der Waals surface area contributed by atoms with Crippen molar-refractivity contribution in [3.63, 3.8) is 0 Å². The maximum atomic E-state index is 5.29. The SMILES string of the molecule is COc1cccc(-c2n[nH]c(=S)n2/N=C/C(C)=C/c2ccco2)c1. The molecule has 2 heterocycles. The minimum absolute atomic E-state index is 0.412. The second-order valence-electron chi connectivity index (χ2n) is 5.04. The standard InChI is InChI=1S/C17H16N4O2S/c1-12(9-15-7-4-8-23-15)11-18-21-16(19-20-17(21)24)13-5-3-6-14(10-13)22-2/h3-11H,1-2H3,(H,20,24)/b12-9+,18-11+. The van der Waals surface area contributed by atoms with Crippen LogP contribution in [0, 0.1) is 4.77 Å². The normalized spacial score (nSPS) is 12.0. The van der Waals surface area contributed by atoms with Gasteiger partial charge in [0.05, 0.1) is 19.6 Å². The van der Waals surface area contributed by atoms with Gasteiger partial charge in [0, 0.05) is 5.56 Å². The van der Waals surface area contributed by atoms with Crippen molar-refractivity contribution in [2.24, 2.45) is 5.10 Å². The third-order valence-electron chi connectivity index (χ3n) is 3.27. The summed E-state index contributed by atoms with van der Waals surface area (Å²) in [6.07, 6.45) is 5.22. The molecule has 24 heavy (non-hydrogen) atoms. The molecule has 0 unspecified atom stereocenters. The van der Waals surface area contributed by atoms with Crippen LogP contribution in [0.1, 0.15) is 12.7 Å². The molecule has 1 aromatic carbocycles. The van der Waals surface area contributed by atoms with Crippen molar-refractivity contribution in [3.05, 3.63) is 58.8 Å². The topological polar surface area (TPSA) is 68.3 Å². The van der Waals surface area contributed by atoms with Crippen LogP contribution in [0.5, 0.6) is 5.75 Å². The van der Waals surface area contributed by atoms with E-state index in [2.05, 4.69) is 15.3 Å². The number of benzene rings is 1. The average molecular weight is 340 g/mol. The molecule has 0 fully saturated rings. The van der Waals surface area contributed by atoms with Gasteiger partial charge in [-0.3, -0.25) is 0 Å². The van der Waals surface area contributed by atoms with E-state index in [4.69, 9.17) is 21.4 Å². The molecule has 3 rings (SSSR count). The molecule has 0 saturated carbocycles. The summed E-state index contributed by atoms with van der Waals surface area (Å²) in [5, 5.41) is 11.4. The van der Waals surface area contributed by atoms with E-state index < -0.39 is 0 Å². The number of nitrogens with one attached hydrogen (secondary N) is 1. The first-order chi connectivity index (χ1) is 11.7. The lowest BCUT2D eigenvalue weighted by molar-refractivity contribution is 0.415. The Labute approximate surface area is 144 Å². The van der Waals surface area contributed by atoms with Gasteiger partial charge in [-0.05, 0) is 55.1 Å². The first-order valence-electron chi connectivity index (χ1n) is 7.25. The van der Waals surface area contributed by atoms with Gasteiger partial charge in [-0.25, -0.2) is 5.10 Å². The smallest absolute Gasteiger partial charge is 0.216 e. The fourth-order valence-electron chi connectivity index (χ4n) is 2.13. The number of ether oxygens (including phenoxy) is 1. The second-order valence-corrected chi connectivity index (χ2v) is 5.43. The van der Waals surface area contributed by atoms with Crippen molar-refractivity contribution in [2.75, 3.05) is 7.11 Å². The molecular formula is C17H16N4O2S. The van der Waals surface area contributed by atoms with Gasteiger partial charge < -0.3 is 9.15 Å². The van der Waals surface area contributed by atoms with E-state index in [1.807, 2.05) is 49.4 Å². The van der Waals surface area contributed by atoms with Crippen molar-refractivity contribution in [1.29, 1.82) is 0 Å². The molecule has 7 heteroatoms. The highest BCUT2D eigenvalue weighted by Crippen LogP contribution is 2.22. The van der Waals surface area contributed by atoms with Crippen LogP contribution in [-0.2, 0) is 0 Å². The molecule has 1 N–H and O–H groups in total. The number of rotatable bonds is 5. The van der Waals surface area contributed by atoms with Gasteiger partial charge in [0.2, 0.25) is 4.77 Å². The fraction of sp³-hybridized carbons (Fsp3) is 0.118. The Morgan fingerprint density at radius 1 is 1.38 bits per heavy atom. The molecule has 3 aromatic rings. The quantitative estimate of drug-likeness (QED) is 0.560. The first kappa shape index (κ1) is 15.9. The van der Waals surface area contributed by atoms with Crippen molar-refractivity contribution in [1.82, 2.24) is 14.9 Å². The van der Waals surface area contributed by atoms with Crippen LogP contribution in [0.15, 0.2) is 57.8 Å². The van der Waals surface area contributed by atoms with E-state index in [0.717, 1.165) is 22.6 Å². The summed E-state index contributed by atoms with van der Waals surface area (Å²) in [7, 11) is 1.62. The number of furan rings is 1. The molecule has 0 radical (unpaired) electrons. The van der Waals surface area contributed by atoms with Crippen LogP contribution in [0.25, 0.3) is 17.5 Å². The molecule has 0 spiro atoms. The number of H-pyrrole nitrogens is 1. The lowest BCUT2D eigenvalue weighted by Gasteiger charge is -2.03. The summed E-state index contributed by atoms with van der Waals surface area (Å²) >= 11 is 5.26. The van der Waals surface area contributed by atoms with Crippen molar-refractivity contribution >= 4 is 24.5 Å². The Balaban J connectivity index is 1.93. The maximum absolute atomic E-state index is 5.29. The number of hydrogen-bond donors (Lipinski definition) is 1. The summed E-state index contributed by atoms with van der Waals surface area (Å²) in [6, 6.07) is 11.3. The fourth-order valence-corrected chi connectivity index (χ4v) is 2.31. The Kier molecular flexibility index (Phi) is 4.72. The average Bonchev–Trinajstić information content (AvgIpc) is 3.23. The van der Waals surface area contributed by atoms with Crippen molar-refractivity contribution in [3.8, 4) is 17.1 Å². The number of nitrogens with zero attached hydrogens (tertiary/aromatic N) is 3. The Bertz CT molecular complexity index is 936. The minimum Gasteiger partial charge on any atom is -0.497 e. The van der Waals surface area contributed by atoms with E-state index in [1.165, 1.54) is 0 Å². The summed E-state index contributed by atoms with van der Waals surface area (Å²) in [5.41, 5.74) is 1.77. The molecule has 6 nitrogen and oxygen atoms in total. The number of allylic oxidation sites excluding steroid dienone is 1. The zero-order chi connectivity index (χ0) is 16.9. The third-order valence-corrected chi connectivity index (χ3v) is 3.53. The monoisotopic (exact) mass is 340 g/mol. The van der Waals surface area contributed by atoms with Gasteiger partial charge in [0.25, 0.3) is 0 Å². The molecule has 0 amide bonds. The Hall–Kier alpha value is -2.93. The number of methoxy groups -OCH3 is 1. The number of aromatic amines is 1. The molecule has 0 atom stereocenters. The zero-order valence-corrected chi connectivity index (χ0v) is 14.1. The van der Waals surface area contributed by atoms with Crippen LogP contribution in [-0.4, -0.2) is 28.2 Å². The molecule has 0 bridgehead atoms. The Morgan fingerprint density at radius 3 is 3.00 bits per heavy atom. The van der Waals surface area contributed by atoms with Crippen LogP contribution < -0.4 is 4.74 Å². The van der Waals surface area contributed by atoms with Crippen LogP contribution in [0.2, 0.25) is 0 Å². The predicted octanol–water partition coefficient (Wildman–Crippen LogP) is 4.15. The summed E-state index contributed by atoms with van der Waals surface area (Å²) in [6.45, 7) is 1.93. The highest BCUT2D eigenvalue weighted by Gasteiger charge is 2.08. The van der Waals surface area contributed by atoms with Gasteiger partial charge in [-0.15, -0.1) is 0 Å². The third kappa shape index (κ3) is 3.52. The molecule has 0 aliphatic rings. The lowest BCUT2D eigenvalue weighted by atomic mass is 10.2. The summed E-state index contributed by atoms with van der Waals surface area (Å²) < 4.78 is 12.5. The van der Waals surface area contributed by atoms with Gasteiger partial charge in [-0.1, -0.05) is 12.1 Å². The van der Waals surface area contributed by atoms with Gasteiger partial charge in [0.1, 0.15) is 11.5 Å². The van der Waals surface area contributed by atoms with Gasteiger partial charge in [0.15, 0.2) is 5.82 Å². The minimum atomic E-state index is 0.412. The van der Waals surface area contributed by atoms with E-state index >= 15 is 0 Å². The van der Waals surface area contributed by atoms with E-state index in [1.54, 1.807) is 24.3 Å². The molecule has 0 saturated heterocycles. The summed E-state index contributed by atoms with van der Waals surface area (Å²) in [4.78, 5) is 0. The molecule has 2 aromatic heterocycles. The molecule has 0 aliphatic heterocycles.